The highest BCUT2D eigenvalue weighted by molar-refractivity contribution is 5.78. The van der Waals surface area contributed by atoms with Gasteiger partial charge in [-0.05, 0) is 26.1 Å². The zero-order valence-electron chi connectivity index (χ0n) is 12.1. The molecule has 2 heterocycles. The number of carboxylic acids is 1. The Hall–Kier alpha value is -1.86. The third-order valence-corrected chi connectivity index (χ3v) is 3.67. The molecular formula is C14H20N2O5. The van der Waals surface area contributed by atoms with Crippen LogP contribution in [0.15, 0.2) is 22.8 Å². The number of nitrogens with zero attached hydrogens (tertiary/aromatic N) is 1. The number of rotatable bonds is 6. The lowest BCUT2D eigenvalue weighted by atomic mass is 10.0. The topological polar surface area (TPSA) is 92.0 Å². The van der Waals surface area contributed by atoms with Crippen molar-refractivity contribution in [2.75, 3.05) is 26.8 Å². The van der Waals surface area contributed by atoms with E-state index in [9.17, 15) is 9.59 Å². The molecule has 1 fully saturated rings. The predicted molar refractivity (Wildman–Crippen MR) is 73.6 cm³/mol. The van der Waals surface area contributed by atoms with Gasteiger partial charge in [-0.3, -0.25) is 14.5 Å². The average molecular weight is 296 g/mol. The fourth-order valence-corrected chi connectivity index (χ4v) is 2.45. The third-order valence-electron chi connectivity index (χ3n) is 3.67. The molecule has 1 aromatic heterocycles. The van der Waals surface area contributed by atoms with Crippen molar-refractivity contribution in [1.82, 2.24) is 10.2 Å². The number of likely N-dealkylation sites (N-methyl/N-ethyl adjacent to an activating group) is 1. The van der Waals surface area contributed by atoms with Crippen molar-refractivity contribution in [3.05, 3.63) is 24.2 Å². The summed E-state index contributed by atoms with van der Waals surface area (Å²) in [5.74, 6) is -0.991. The van der Waals surface area contributed by atoms with Gasteiger partial charge < -0.3 is 19.6 Å². The van der Waals surface area contributed by atoms with Gasteiger partial charge >= 0.3 is 5.97 Å². The Bertz CT molecular complexity index is 488. The molecule has 2 N–H and O–H groups in total. The van der Waals surface area contributed by atoms with Gasteiger partial charge in [0.25, 0.3) is 0 Å². The molecule has 0 saturated carbocycles. The molecule has 3 unspecified atom stereocenters. The molecule has 1 amide bonds. The molecule has 2 rings (SSSR count). The van der Waals surface area contributed by atoms with E-state index in [0.29, 0.717) is 12.4 Å². The lowest BCUT2D eigenvalue weighted by Gasteiger charge is -2.26. The number of hydrogen-bond donors (Lipinski definition) is 2. The van der Waals surface area contributed by atoms with Crippen LogP contribution in [0.4, 0.5) is 0 Å². The van der Waals surface area contributed by atoms with Crippen LogP contribution in [0.25, 0.3) is 0 Å². The van der Waals surface area contributed by atoms with Crippen LogP contribution in [0.5, 0.6) is 0 Å². The molecule has 0 aliphatic carbocycles. The Morgan fingerprint density at radius 2 is 2.29 bits per heavy atom. The number of nitrogens with one attached hydrogen (secondary N) is 1. The highest BCUT2D eigenvalue weighted by Gasteiger charge is 2.37. The molecule has 21 heavy (non-hydrogen) atoms. The molecule has 7 heteroatoms. The van der Waals surface area contributed by atoms with Gasteiger partial charge in [-0.2, -0.15) is 0 Å². The van der Waals surface area contributed by atoms with Crippen LogP contribution < -0.4 is 5.32 Å². The summed E-state index contributed by atoms with van der Waals surface area (Å²) in [5.41, 5.74) is 0. The average Bonchev–Trinajstić information content (AvgIpc) is 3.10. The summed E-state index contributed by atoms with van der Waals surface area (Å²) < 4.78 is 10.4. The monoisotopic (exact) mass is 296 g/mol. The second-order valence-corrected chi connectivity index (χ2v) is 5.27. The van der Waals surface area contributed by atoms with Gasteiger partial charge in [0.15, 0.2) is 0 Å². The summed E-state index contributed by atoms with van der Waals surface area (Å²) in [4.78, 5) is 24.8. The number of furan rings is 1. The first-order valence-corrected chi connectivity index (χ1v) is 6.82. The van der Waals surface area contributed by atoms with Crippen LogP contribution in [0.3, 0.4) is 0 Å². The van der Waals surface area contributed by atoms with Crippen LogP contribution in [-0.2, 0) is 14.3 Å². The van der Waals surface area contributed by atoms with E-state index < -0.39 is 11.9 Å². The first-order valence-electron chi connectivity index (χ1n) is 6.82. The summed E-state index contributed by atoms with van der Waals surface area (Å²) in [6, 6.07) is 3.04. The smallest absolute Gasteiger partial charge is 0.310 e. The number of carbonyl (C=O) groups excluding carboxylic acids is 1. The van der Waals surface area contributed by atoms with E-state index >= 15 is 0 Å². The van der Waals surface area contributed by atoms with Crippen molar-refractivity contribution in [2.24, 2.45) is 5.92 Å². The first-order chi connectivity index (χ1) is 9.99. The predicted octanol–water partition coefficient (Wildman–Crippen LogP) is 0.488. The number of hydrogen-bond acceptors (Lipinski definition) is 5. The zero-order chi connectivity index (χ0) is 15.4. The number of ether oxygens (including phenoxy) is 1. The Labute approximate surface area is 122 Å². The van der Waals surface area contributed by atoms with Gasteiger partial charge in [0, 0.05) is 6.04 Å². The van der Waals surface area contributed by atoms with E-state index in [4.69, 9.17) is 14.3 Å². The van der Waals surface area contributed by atoms with Gasteiger partial charge in [0.05, 0.1) is 38.0 Å². The second kappa shape index (κ2) is 6.73. The summed E-state index contributed by atoms with van der Waals surface area (Å²) >= 11 is 0. The molecule has 1 aliphatic rings. The normalized spacial score (nSPS) is 23.2. The molecule has 0 radical (unpaired) electrons. The number of amides is 1. The summed E-state index contributed by atoms with van der Waals surface area (Å²) in [6.45, 7) is 2.46. The van der Waals surface area contributed by atoms with Crippen molar-refractivity contribution in [3.63, 3.8) is 0 Å². The van der Waals surface area contributed by atoms with E-state index in [1.54, 1.807) is 30.3 Å². The second-order valence-electron chi connectivity index (χ2n) is 5.27. The number of carbonyl (C=O) groups is 2. The van der Waals surface area contributed by atoms with Crippen molar-refractivity contribution in [3.8, 4) is 0 Å². The SMILES string of the molecule is CC(NC(=O)CN(C)C1COCC1C(=O)O)c1ccco1. The Morgan fingerprint density at radius 1 is 1.52 bits per heavy atom. The van der Waals surface area contributed by atoms with E-state index in [-0.39, 0.29) is 31.1 Å². The molecule has 0 spiro atoms. The van der Waals surface area contributed by atoms with Crippen molar-refractivity contribution < 1.29 is 23.8 Å². The van der Waals surface area contributed by atoms with Crippen molar-refractivity contribution in [2.45, 2.75) is 19.0 Å². The molecule has 1 aromatic rings. The Morgan fingerprint density at radius 3 is 2.90 bits per heavy atom. The fourth-order valence-electron chi connectivity index (χ4n) is 2.45. The van der Waals surface area contributed by atoms with Crippen LogP contribution in [-0.4, -0.2) is 54.7 Å². The minimum Gasteiger partial charge on any atom is -0.481 e. The zero-order valence-corrected chi connectivity index (χ0v) is 12.1. The van der Waals surface area contributed by atoms with Gasteiger partial charge in [0.2, 0.25) is 5.91 Å². The standard InChI is InChI=1S/C14H20N2O5/c1-9(12-4-3-5-21-12)15-13(17)6-16(2)11-8-20-7-10(11)14(18)19/h3-5,9-11H,6-8H2,1-2H3,(H,15,17)(H,18,19). The molecular weight excluding hydrogens is 276 g/mol. The maximum atomic E-state index is 12.0. The van der Waals surface area contributed by atoms with Crippen LogP contribution >= 0.6 is 0 Å². The summed E-state index contributed by atoms with van der Waals surface area (Å²) in [6.07, 6.45) is 1.55. The molecule has 7 nitrogen and oxygen atoms in total. The van der Waals surface area contributed by atoms with Gasteiger partial charge in [0.1, 0.15) is 5.76 Å². The van der Waals surface area contributed by atoms with E-state index in [2.05, 4.69) is 5.32 Å². The minimum absolute atomic E-state index is 0.114. The third kappa shape index (κ3) is 3.83. The minimum atomic E-state index is -0.895. The quantitative estimate of drug-likeness (QED) is 0.793. The lowest BCUT2D eigenvalue weighted by Crippen LogP contribution is -2.45. The Balaban J connectivity index is 1.86. The number of carboxylic acid groups (broad SMARTS) is 1. The molecule has 1 aliphatic heterocycles. The van der Waals surface area contributed by atoms with E-state index in [1.165, 1.54) is 0 Å². The molecule has 0 aromatic carbocycles. The molecule has 0 bridgehead atoms. The summed E-state index contributed by atoms with van der Waals surface area (Å²) in [5, 5.41) is 11.9. The summed E-state index contributed by atoms with van der Waals surface area (Å²) in [7, 11) is 1.73. The molecule has 3 atom stereocenters. The van der Waals surface area contributed by atoms with Crippen molar-refractivity contribution in [1.29, 1.82) is 0 Å². The fraction of sp³-hybridized carbons (Fsp3) is 0.571. The maximum Gasteiger partial charge on any atom is 0.310 e. The highest BCUT2D eigenvalue weighted by atomic mass is 16.5. The van der Waals surface area contributed by atoms with E-state index in [0.717, 1.165) is 0 Å². The molecule has 116 valence electrons. The van der Waals surface area contributed by atoms with Crippen LogP contribution in [0, 0.1) is 5.92 Å². The van der Waals surface area contributed by atoms with E-state index in [1.807, 2.05) is 6.92 Å². The Kier molecular flexibility index (Phi) is 4.98. The van der Waals surface area contributed by atoms with Gasteiger partial charge in [-0.1, -0.05) is 0 Å². The maximum absolute atomic E-state index is 12.0. The largest absolute Gasteiger partial charge is 0.481 e. The van der Waals surface area contributed by atoms with Gasteiger partial charge in [-0.15, -0.1) is 0 Å². The highest BCUT2D eigenvalue weighted by Crippen LogP contribution is 2.19. The van der Waals surface area contributed by atoms with Crippen molar-refractivity contribution >= 4 is 11.9 Å². The van der Waals surface area contributed by atoms with Crippen LogP contribution in [0.1, 0.15) is 18.7 Å². The van der Waals surface area contributed by atoms with Gasteiger partial charge in [-0.25, -0.2) is 0 Å². The number of aliphatic carboxylic acids is 1. The molecule has 1 saturated heterocycles. The van der Waals surface area contributed by atoms with Crippen LogP contribution in [0.2, 0.25) is 0 Å². The first kappa shape index (κ1) is 15.5. The lowest BCUT2D eigenvalue weighted by molar-refractivity contribution is -0.143.